The maximum Gasteiger partial charge on any atom is 0.350 e. The van der Waals surface area contributed by atoms with Crippen molar-refractivity contribution in [3.63, 3.8) is 0 Å². The first-order valence-corrected chi connectivity index (χ1v) is 10.2. The second kappa shape index (κ2) is 8.82. The molecule has 0 amide bonds. The third kappa shape index (κ3) is 4.20. The van der Waals surface area contributed by atoms with E-state index in [1.165, 1.54) is 36.4 Å². The number of carbonyl (C=O) groups excluding carboxylic acids is 1. The number of nitrogens with zero attached hydrogens (tertiary/aromatic N) is 2. The molecule has 0 aromatic heterocycles. The highest BCUT2D eigenvalue weighted by molar-refractivity contribution is 6.35. The minimum Gasteiger partial charge on any atom is -0.440 e. The normalized spacial score (nSPS) is 14.6. The predicted molar refractivity (Wildman–Crippen MR) is 120 cm³/mol. The van der Waals surface area contributed by atoms with E-state index in [0.29, 0.717) is 21.2 Å². The maximum absolute atomic E-state index is 12.6. The minimum absolute atomic E-state index is 0.0751. The van der Waals surface area contributed by atoms with Gasteiger partial charge in [-0.05, 0) is 29.8 Å². The Kier molecular flexibility index (Phi) is 5.92. The largest absolute Gasteiger partial charge is 0.440 e. The van der Waals surface area contributed by atoms with Gasteiger partial charge in [0.1, 0.15) is 28.7 Å². The number of benzene rings is 3. The molecule has 3 aromatic carbocycles. The second-order valence-electron chi connectivity index (χ2n) is 6.95. The van der Waals surface area contributed by atoms with Crippen molar-refractivity contribution in [2.75, 3.05) is 0 Å². The summed E-state index contributed by atoms with van der Waals surface area (Å²) in [6, 6.07) is 16.9. The first kappa shape index (κ1) is 22.1. The number of nitro benzene ring substituents is 1. The summed E-state index contributed by atoms with van der Waals surface area (Å²) >= 11 is 12.4. The van der Waals surface area contributed by atoms with Crippen LogP contribution in [0.3, 0.4) is 0 Å². The first-order chi connectivity index (χ1) is 15.8. The van der Waals surface area contributed by atoms with E-state index in [1.54, 1.807) is 24.3 Å². The number of nitrogens with two attached hydrogens (primary N) is 1. The Labute approximate surface area is 197 Å². The molecule has 0 saturated carbocycles. The van der Waals surface area contributed by atoms with Gasteiger partial charge in [0, 0.05) is 27.7 Å². The fourth-order valence-electron chi connectivity index (χ4n) is 3.52. The van der Waals surface area contributed by atoms with E-state index >= 15 is 0 Å². The van der Waals surface area contributed by atoms with Crippen LogP contribution >= 0.6 is 23.2 Å². The molecule has 1 aliphatic heterocycles. The van der Waals surface area contributed by atoms with Crippen LogP contribution in [0.5, 0.6) is 11.5 Å². The molecule has 10 heteroatoms. The van der Waals surface area contributed by atoms with Crippen molar-refractivity contribution >= 4 is 34.9 Å². The van der Waals surface area contributed by atoms with Gasteiger partial charge in [-0.1, -0.05) is 47.5 Å². The Morgan fingerprint density at radius 1 is 1.12 bits per heavy atom. The molecule has 0 radical (unpaired) electrons. The smallest absolute Gasteiger partial charge is 0.350 e. The van der Waals surface area contributed by atoms with Gasteiger partial charge in [-0.15, -0.1) is 0 Å². The number of hydrogen-bond donors (Lipinski definition) is 1. The van der Waals surface area contributed by atoms with Gasteiger partial charge in [-0.25, -0.2) is 4.79 Å². The lowest BCUT2D eigenvalue weighted by Crippen LogP contribution is -2.21. The number of nitriles is 1. The molecule has 1 heterocycles. The zero-order valence-corrected chi connectivity index (χ0v) is 18.1. The van der Waals surface area contributed by atoms with Crippen LogP contribution in [-0.4, -0.2) is 10.9 Å². The quantitative estimate of drug-likeness (QED) is 0.230. The van der Waals surface area contributed by atoms with Gasteiger partial charge in [0.2, 0.25) is 5.88 Å². The molecule has 1 aliphatic rings. The molecule has 0 saturated heterocycles. The molecule has 0 fully saturated rings. The lowest BCUT2D eigenvalue weighted by Gasteiger charge is -2.27. The van der Waals surface area contributed by atoms with Gasteiger partial charge in [-0.2, -0.15) is 5.26 Å². The molecule has 2 N–H and O–H groups in total. The van der Waals surface area contributed by atoms with Crippen LogP contribution in [0.4, 0.5) is 5.69 Å². The van der Waals surface area contributed by atoms with E-state index in [9.17, 15) is 20.2 Å². The molecule has 33 heavy (non-hydrogen) atoms. The van der Waals surface area contributed by atoms with Crippen LogP contribution in [0.2, 0.25) is 10.0 Å². The number of ether oxygens (including phenoxy) is 2. The first-order valence-electron chi connectivity index (χ1n) is 9.42. The number of halogens is 2. The van der Waals surface area contributed by atoms with Crippen molar-refractivity contribution < 1.29 is 19.2 Å². The maximum atomic E-state index is 12.6. The summed E-state index contributed by atoms with van der Waals surface area (Å²) < 4.78 is 10.9. The number of nitro groups is 1. The monoisotopic (exact) mass is 481 g/mol. The second-order valence-corrected chi connectivity index (χ2v) is 7.80. The van der Waals surface area contributed by atoms with Crippen LogP contribution in [0.15, 0.2) is 72.1 Å². The fourth-order valence-corrected chi connectivity index (χ4v) is 4.04. The van der Waals surface area contributed by atoms with Gasteiger partial charge < -0.3 is 15.2 Å². The highest BCUT2D eigenvalue weighted by Gasteiger charge is 2.32. The lowest BCUT2D eigenvalue weighted by molar-refractivity contribution is -0.385. The van der Waals surface area contributed by atoms with E-state index in [0.717, 1.165) is 0 Å². The van der Waals surface area contributed by atoms with Crippen molar-refractivity contribution in [2.45, 2.75) is 5.92 Å². The zero-order chi connectivity index (χ0) is 23.7. The van der Waals surface area contributed by atoms with Crippen molar-refractivity contribution in [1.82, 2.24) is 0 Å². The van der Waals surface area contributed by atoms with Gasteiger partial charge in [0.15, 0.2) is 0 Å². The highest BCUT2D eigenvalue weighted by atomic mass is 35.5. The van der Waals surface area contributed by atoms with Crippen LogP contribution in [-0.2, 0) is 0 Å². The summed E-state index contributed by atoms with van der Waals surface area (Å²) in [5.74, 6) is -1.34. The number of esters is 1. The van der Waals surface area contributed by atoms with Crippen molar-refractivity contribution in [3.8, 4) is 17.6 Å². The van der Waals surface area contributed by atoms with E-state index in [-0.39, 0.29) is 34.2 Å². The average Bonchev–Trinajstić information content (AvgIpc) is 2.78. The number of rotatable bonds is 4. The Hall–Kier alpha value is -4.06. The summed E-state index contributed by atoms with van der Waals surface area (Å²) in [5, 5.41) is 21.6. The van der Waals surface area contributed by atoms with Crippen LogP contribution < -0.4 is 15.2 Å². The van der Waals surface area contributed by atoms with Crippen molar-refractivity contribution in [1.29, 1.82) is 5.26 Å². The summed E-state index contributed by atoms with van der Waals surface area (Å²) in [5.41, 5.74) is 6.74. The van der Waals surface area contributed by atoms with Crippen molar-refractivity contribution in [2.24, 2.45) is 5.73 Å². The molecule has 3 aromatic rings. The zero-order valence-electron chi connectivity index (χ0n) is 16.6. The summed E-state index contributed by atoms with van der Waals surface area (Å²) in [6.07, 6.45) is 0. The third-order valence-corrected chi connectivity index (χ3v) is 5.56. The Morgan fingerprint density at radius 3 is 2.55 bits per heavy atom. The molecular formula is C23H13Cl2N3O5. The SMILES string of the molecule is N#CC1=C(N)Oc2cc(OC(=O)c3ccccc3[N+](=O)[O-])ccc2C1c1ccc(Cl)cc1Cl. The number of fused-ring (bicyclic) bond motifs is 1. The van der Waals surface area contributed by atoms with E-state index in [4.69, 9.17) is 38.4 Å². The summed E-state index contributed by atoms with van der Waals surface area (Å²) in [4.78, 5) is 23.1. The lowest BCUT2D eigenvalue weighted by atomic mass is 9.83. The van der Waals surface area contributed by atoms with E-state index in [2.05, 4.69) is 6.07 Å². The minimum atomic E-state index is -0.906. The molecule has 0 spiro atoms. The number of carbonyl (C=O) groups is 1. The topological polar surface area (TPSA) is 128 Å². The molecule has 1 atom stereocenters. The average molecular weight is 482 g/mol. The Bertz CT molecular complexity index is 1380. The molecule has 8 nitrogen and oxygen atoms in total. The van der Waals surface area contributed by atoms with Crippen LogP contribution in [0, 0.1) is 21.4 Å². The van der Waals surface area contributed by atoms with Gasteiger partial charge in [0.05, 0.1) is 10.8 Å². The summed E-state index contributed by atoms with van der Waals surface area (Å²) in [7, 11) is 0. The van der Waals surface area contributed by atoms with Crippen molar-refractivity contribution in [3.05, 3.63) is 109 Å². The van der Waals surface area contributed by atoms with Gasteiger partial charge >= 0.3 is 5.97 Å². The third-order valence-electron chi connectivity index (χ3n) is 5.00. The number of hydrogen-bond acceptors (Lipinski definition) is 7. The summed E-state index contributed by atoms with van der Waals surface area (Å²) in [6.45, 7) is 0. The van der Waals surface area contributed by atoms with Crippen LogP contribution in [0.25, 0.3) is 0 Å². The molecular weight excluding hydrogens is 469 g/mol. The Morgan fingerprint density at radius 2 is 1.85 bits per heavy atom. The molecule has 4 rings (SSSR count). The van der Waals surface area contributed by atoms with E-state index < -0.39 is 16.8 Å². The fraction of sp³-hybridized carbons (Fsp3) is 0.0435. The van der Waals surface area contributed by atoms with E-state index in [1.807, 2.05) is 0 Å². The molecule has 0 aliphatic carbocycles. The number of para-hydroxylation sites is 1. The molecule has 0 bridgehead atoms. The van der Waals surface area contributed by atoms with Gasteiger partial charge in [-0.3, -0.25) is 10.1 Å². The Balaban J connectivity index is 1.72. The number of allylic oxidation sites excluding steroid dienone is 1. The van der Waals surface area contributed by atoms with Crippen LogP contribution in [0.1, 0.15) is 27.4 Å². The highest BCUT2D eigenvalue weighted by Crippen LogP contribution is 2.45. The predicted octanol–water partition coefficient (Wildman–Crippen LogP) is 5.34. The standard InChI is InChI=1S/C23H13Cl2N3O5/c24-12-5-7-14(18(25)9-12)21-16-8-6-13(10-20(16)33-22(27)17(21)11-26)32-23(29)15-3-1-2-4-19(15)28(30)31/h1-10,21H,27H2. The molecule has 164 valence electrons. The van der Waals surface area contributed by atoms with Gasteiger partial charge in [0.25, 0.3) is 5.69 Å². The molecule has 1 unspecified atom stereocenters.